The van der Waals surface area contributed by atoms with Gasteiger partial charge in [0.15, 0.2) is 0 Å². The molecule has 0 aliphatic carbocycles. The summed E-state index contributed by atoms with van der Waals surface area (Å²) in [4.78, 5) is 0. The monoisotopic (exact) mass is 220 g/mol. The van der Waals surface area contributed by atoms with E-state index in [1.165, 1.54) is 6.07 Å². The van der Waals surface area contributed by atoms with E-state index in [2.05, 4.69) is 18.4 Å². The third-order valence-corrected chi connectivity index (χ3v) is 2.81. The predicted molar refractivity (Wildman–Crippen MR) is 64.9 cm³/mol. The third kappa shape index (κ3) is 1.71. The molecule has 2 rings (SSSR count). The zero-order valence-corrected chi connectivity index (χ0v) is 9.87. The molecule has 0 aliphatic rings. The van der Waals surface area contributed by atoms with E-state index in [0.29, 0.717) is 6.04 Å². The first-order valence-corrected chi connectivity index (χ1v) is 5.56. The summed E-state index contributed by atoms with van der Waals surface area (Å²) in [6, 6.07) is 7.12. The molecule has 2 aromatic rings. The first-order valence-electron chi connectivity index (χ1n) is 5.56. The van der Waals surface area contributed by atoms with Crippen LogP contribution in [-0.4, -0.2) is 4.57 Å². The van der Waals surface area contributed by atoms with E-state index < -0.39 is 0 Å². The molecule has 16 heavy (non-hydrogen) atoms. The van der Waals surface area contributed by atoms with Crippen molar-refractivity contribution < 1.29 is 4.39 Å². The highest BCUT2D eigenvalue weighted by Gasteiger charge is 2.14. The molecule has 0 amide bonds. The molecule has 0 saturated heterocycles. The van der Waals surface area contributed by atoms with E-state index in [0.717, 1.165) is 16.6 Å². The number of benzene rings is 1. The number of rotatable bonds is 2. The maximum Gasteiger partial charge on any atom is 0.123 e. The molecule has 1 aromatic carbocycles. The normalized spacial score (nSPS) is 13.6. The topological polar surface area (TPSA) is 30.9 Å². The molecule has 2 nitrogen and oxygen atoms in total. The van der Waals surface area contributed by atoms with E-state index in [4.69, 9.17) is 5.73 Å². The van der Waals surface area contributed by atoms with Crippen molar-refractivity contribution in [1.82, 2.24) is 4.57 Å². The number of nitrogens with two attached hydrogens (primary N) is 1. The molecule has 0 aliphatic heterocycles. The van der Waals surface area contributed by atoms with Crippen molar-refractivity contribution in [2.75, 3.05) is 0 Å². The Bertz CT molecular complexity index is 512. The van der Waals surface area contributed by atoms with Gasteiger partial charge in [0.2, 0.25) is 0 Å². The van der Waals surface area contributed by atoms with Crippen molar-refractivity contribution in [3.8, 4) is 0 Å². The molecule has 0 radical (unpaired) electrons. The Balaban J connectivity index is 2.75. The van der Waals surface area contributed by atoms with Crippen LogP contribution in [0, 0.1) is 5.82 Å². The fourth-order valence-electron chi connectivity index (χ4n) is 2.16. The lowest BCUT2D eigenvalue weighted by Gasteiger charge is -2.16. The van der Waals surface area contributed by atoms with Gasteiger partial charge >= 0.3 is 0 Å². The van der Waals surface area contributed by atoms with Gasteiger partial charge in [0, 0.05) is 28.7 Å². The second kappa shape index (κ2) is 3.91. The molecule has 86 valence electrons. The molecular formula is C13H17FN2. The van der Waals surface area contributed by atoms with Gasteiger partial charge in [-0.3, -0.25) is 0 Å². The number of hydrogen-bond acceptors (Lipinski definition) is 1. The van der Waals surface area contributed by atoms with Crippen molar-refractivity contribution in [2.24, 2.45) is 5.73 Å². The number of hydrogen-bond donors (Lipinski definition) is 1. The molecule has 0 bridgehead atoms. The molecule has 1 unspecified atom stereocenters. The number of aromatic nitrogens is 1. The van der Waals surface area contributed by atoms with Crippen LogP contribution >= 0.6 is 0 Å². The third-order valence-electron chi connectivity index (χ3n) is 2.81. The predicted octanol–water partition coefficient (Wildman–Crippen LogP) is 3.38. The smallest absolute Gasteiger partial charge is 0.123 e. The largest absolute Gasteiger partial charge is 0.341 e. The Morgan fingerprint density at radius 2 is 1.88 bits per heavy atom. The Morgan fingerprint density at radius 3 is 2.44 bits per heavy atom. The maximum atomic E-state index is 13.1. The zero-order chi connectivity index (χ0) is 11.9. The molecule has 2 N–H and O–H groups in total. The van der Waals surface area contributed by atoms with Gasteiger partial charge in [-0.25, -0.2) is 4.39 Å². The molecule has 3 heteroatoms. The first kappa shape index (κ1) is 11.1. The lowest BCUT2D eigenvalue weighted by molar-refractivity contribution is 0.570. The van der Waals surface area contributed by atoms with E-state index >= 15 is 0 Å². The summed E-state index contributed by atoms with van der Waals surface area (Å²) in [5.74, 6) is -0.204. The summed E-state index contributed by atoms with van der Waals surface area (Å²) < 4.78 is 15.3. The van der Waals surface area contributed by atoms with Gasteiger partial charge in [0.05, 0.1) is 0 Å². The summed E-state index contributed by atoms with van der Waals surface area (Å²) in [7, 11) is 0. The van der Waals surface area contributed by atoms with Crippen LogP contribution in [0.1, 0.15) is 38.5 Å². The van der Waals surface area contributed by atoms with Crippen LogP contribution in [0.2, 0.25) is 0 Å². The quantitative estimate of drug-likeness (QED) is 0.826. The Kier molecular flexibility index (Phi) is 2.72. The van der Waals surface area contributed by atoms with Gasteiger partial charge in [-0.1, -0.05) is 0 Å². The van der Waals surface area contributed by atoms with E-state index in [-0.39, 0.29) is 11.9 Å². The Morgan fingerprint density at radius 1 is 1.19 bits per heavy atom. The number of fused-ring (bicyclic) bond motifs is 1. The fraction of sp³-hybridized carbons (Fsp3) is 0.385. The van der Waals surface area contributed by atoms with Crippen LogP contribution in [0.3, 0.4) is 0 Å². The zero-order valence-electron chi connectivity index (χ0n) is 9.87. The second-order valence-corrected chi connectivity index (χ2v) is 4.52. The Labute approximate surface area is 94.9 Å². The highest BCUT2D eigenvalue weighted by atomic mass is 19.1. The highest BCUT2D eigenvalue weighted by Crippen LogP contribution is 2.27. The Hall–Kier alpha value is -1.35. The summed E-state index contributed by atoms with van der Waals surface area (Å²) in [6.45, 7) is 6.16. The van der Waals surface area contributed by atoms with Crippen molar-refractivity contribution in [3.05, 3.63) is 35.8 Å². The van der Waals surface area contributed by atoms with Gasteiger partial charge in [0.25, 0.3) is 0 Å². The van der Waals surface area contributed by atoms with Gasteiger partial charge < -0.3 is 10.3 Å². The molecular weight excluding hydrogens is 203 g/mol. The van der Waals surface area contributed by atoms with Gasteiger partial charge in [-0.05, 0) is 45.0 Å². The van der Waals surface area contributed by atoms with Crippen LogP contribution in [0.4, 0.5) is 4.39 Å². The fourth-order valence-corrected chi connectivity index (χ4v) is 2.16. The lowest BCUT2D eigenvalue weighted by atomic mass is 10.2. The molecule has 0 spiro atoms. The second-order valence-electron chi connectivity index (χ2n) is 4.52. The van der Waals surface area contributed by atoms with E-state index in [1.54, 1.807) is 6.07 Å². The maximum absolute atomic E-state index is 13.1. The minimum atomic E-state index is -0.204. The van der Waals surface area contributed by atoms with E-state index in [9.17, 15) is 4.39 Å². The molecule has 1 aromatic heterocycles. The highest BCUT2D eigenvalue weighted by molar-refractivity contribution is 5.81. The SMILES string of the molecule is CC(N)c1cc2cc(F)ccc2n1C(C)C. The van der Waals surface area contributed by atoms with Gasteiger partial charge in [-0.15, -0.1) is 0 Å². The summed E-state index contributed by atoms with van der Waals surface area (Å²) in [5, 5.41) is 0.918. The summed E-state index contributed by atoms with van der Waals surface area (Å²) >= 11 is 0. The number of halogens is 1. The van der Waals surface area contributed by atoms with E-state index in [1.807, 2.05) is 19.1 Å². The average molecular weight is 220 g/mol. The summed E-state index contributed by atoms with van der Waals surface area (Å²) in [5.41, 5.74) is 8.04. The average Bonchev–Trinajstić information content (AvgIpc) is 2.55. The van der Waals surface area contributed by atoms with Crippen molar-refractivity contribution >= 4 is 10.9 Å². The lowest BCUT2D eigenvalue weighted by Crippen LogP contribution is -2.13. The van der Waals surface area contributed by atoms with Crippen LogP contribution in [0.5, 0.6) is 0 Å². The van der Waals surface area contributed by atoms with Crippen LogP contribution in [0.25, 0.3) is 10.9 Å². The van der Waals surface area contributed by atoms with Crippen LogP contribution in [0.15, 0.2) is 24.3 Å². The van der Waals surface area contributed by atoms with Crippen LogP contribution in [-0.2, 0) is 0 Å². The van der Waals surface area contributed by atoms with Crippen molar-refractivity contribution in [1.29, 1.82) is 0 Å². The van der Waals surface area contributed by atoms with Gasteiger partial charge in [-0.2, -0.15) is 0 Å². The number of nitrogens with zero attached hydrogens (tertiary/aromatic N) is 1. The van der Waals surface area contributed by atoms with Crippen molar-refractivity contribution in [3.63, 3.8) is 0 Å². The molecule has 0 saturated carbocycles. The van der Waals surface area contributed by atoms with Crippen LogP contribution < -0.4 is 5.73 Å². The van der Waals surface area contributed by atoms with Gasteiger partial charge in [0.1, 0.15) is 5.82 Å². The standard InChI is InChI=1S/C13H17FN2/c1-8(2)16-12-5-4-11(14)6-10(12)7-13(16)9(3)15/h4-9H,15H2,1-3H3. The molecule has 1 atom stereocenters. The van der Waals surface area contributed by atoms with Crippen molar-refractivity contribution in [2.45, 2.75) is 32.9 Å². The molecule has 1 heterocycles. The minimum Gasteiger partial charge on any atom is -0.341 e. The molecule has 0 fully saturated rings. The first-order chi connectivity index (χ1) is 7.50. The minimum absolute atomic E-state index is 0.0436. The summed E-state index contributed by atoms with van der Waals surface area (Å²) in [6.07, 6.45) is 0.